The van der Waals surface area contributed by atoms with E-state index in [1.807, 2.05) is 0 Å². The molecule has 106 valence electrons. The van der Waals surface area contributed by atoms with Crippen LogP contribution in [0.3, 0.4) is 0 Å². The smallest absolute Gasteiger partial charge is 0.0558 e. The number of aliphatic hydroxyl groups excluding tert-OH is 1. The Morgan fingerprint density at radius 2 is 1.67 bits per heavy atom. The number of hydrogen-bond donors (Lipinski definition) is 2. The van der Waals surface area contributed by atoms with Crippen molar-refractivity contribution in [2.45, 2.75) is 25.7 Å². The van der Waals surface area contributed by atoms with Crippen LogP contribution in [-0.2, 0) is 0 Å². The maximum Gasteiger partial charge on any atom is 0.0558 e. The van der Waals surface area contributed by atoms with Crippen LogP contribution in [0.2, 0.25) is 0 Å². The Hall–Kier alpha value is -0.160. The summed E-state index contributed by atoms with van der Waals surface area (Å²) < 4.78 is 0. The summed E-state index contributed by atoms with van der Waals surface area (Å²) in [4.78, 5) is 5.01. The Labute approximate surface area is 111 Å². The van der Waals surface area contributed by atoms with Gasteiger partial charge < -0.3 is 15.3 Å². The second kappa shape index (κ2) is 6.85. The molecule has 1 aliphatic heterocycles. The van der Waals surface area contributed by atoms with E-state index in [4.69, 9.17) is 5.11 Å². The Kier molecular flexibility index (Phi) is 5.42. The van der Waals surface area contributed by atoms with Gasteiger partial charge in [-0.15, -0.1) is 0 Å². The number of rotatable bonds is 6. The first kappa shape index (κ1) is 14.3. The fourth-order valence-corrected chi connectivity index (χ4v) is 3.68. The zero-order valence-corrected chi connectivity index (χ0v) is 11.8. The van der Waals surface area contributed by atoms with Crippen molar-refractivity contribution in [3.8, 4) is 0 Å². The van der Waals surface area contributed by atoms with Gasteiger partial charge in [0.2, 0.25) is 0 Å². The fraction of sp³-hybridized carbons (Fsp3) is 1.00. The van der Waals surface area contributed by atoms with Crippen molar-refractivity contribution in [1.29, 1.82) is 0 Å². The van der Waals surface area contributed by atoms with E-state index in [0.717, 1.165) is 19.6 Å². The second-order valence-electron chi connectivity index (χ2n) is 6.08. The molecule has 4 nitrogen and oxygen atoms in total. The molecule has 1 saturated carbocycles. The summed E-state index contributed by atoms with van der Waals surface area (Å²) in [6.45, 7) is 8.16. The van der Waals surface area contributed by atoms with Crippen LogP contribution in [0.15, 0.2) is 0 Å². The van der Waals surface area contributed by atoms with Crippen molar-refractivity contribution < 1.29 is 5.11 Å². The number of β-amino-alcohol motifs (C(OH)–C–C–N with tert-alkyl or cyclic N) is 1. The maximum atomic E-state index is 8.96. The van der Waals surface area contributed by atoms with E-state index in [9.17, 15) is 0 Å². The van der Waals surface area contributed by atoms with Crippen molar-refractivity contribution in [3.05, 3.63) is 0 Å². The quantitative estimate of drug-likeness (QED) is 0.719. The highest BCUT2D eigenvalue weighted by Gasteiger charge is 2.35. The molecule has 0 aromatic heterocycles. The lowest BCUT2D eigenvalue weighted by Crippen LogP contribution is -2.51. The maximum absolute atomic E-state index is 8.96. The molecular formula is C14H29N3O. The largest absolute Gasteiger partial charge is 0.395 e. The van der Waals surface area contributed by atoms with Gasteiger partial charge in [-0.1, -0.05) is 12.8 Å². The summed E-state index contributed by atoms with van der Waals surface area (Å²) >= 11 is 0. The van der Waals surface area contributed by atoms with Crippen LogP contribution in [0, 0.1) is 5.41 Å². The summed E-state index contributed by atoms with van der Waals surface area (Å²) in [5, 5.41) is 12.4. The molecule has 18 heavy (non-hydrogen) atoms. The highest BCUT2D eigenvalue weighted by Crippen LogP contribution is 2.38. The molecule has 1 saturated heterocycles. The summed E-state index contributed by atoms with van der Waals surface area (Å²) in [5.41, 5.74) is 0.536. The van der Waals surface area contributed by atoms with E-state index in [1.165, 1.54) is 51.9 Å². The van der Waals surface area contributed by atoms with Crippen LogP contribution < -0.4 is 5.32 Å². The lowest BCUT2D eigenvalue weighted by Gasteiger charge is -2.40. The van der Waals surface area contributed by atoms with Gasteiger partial charge in [-0.05, 0) is 25.3 Å². The first-order valence-corrected chi connectivity index (χ1v) is 7.48. The predicted octanol–water partition coefficient (Wildman–Crippen LogP) is 0.376. The third kappa shape index (κ3) is 3.67. The van der Waals surface area contributed by atoms with Crippen LogP contribution in [0.1, 0.15) is 25.7 Å². The standard InChI is InChI=1S/C14H29N3O/c1-15-12-14(4-2-3-5-14)13-17-8-6-16(7-9-17)10-11-18/h15,18H,2-13H2,1H3. The van der Waals surface area contributed by atoms with Crippen LogP contribution in [0.5, 0.6) is 0 Å². The second-order valence-corrected chi connectivity index (χ2v) is 6.08. The first-order valence-electron chi connectivity index (χ1n) is 7.48. The van der Waals surface area contributed by atoms with Gasteiger partial charge >= 0.3 is 0 Å². The minimum atomic E-state index is 0.295. The molecule has 0 atom stereocenters. The van der Waals surface area contributed by atoms with Gasteiger partial charge in [0.15, 0.2) is 0 Å². The zero-order chi connectivity index (χ0) is 12.8. The van der Waals surface area contributed by atoms with Crippen LogP contribution >= 0.6 is 0 Å². The summed E-state index contributed by atoms with van der Waals surface area (Å²) in [6, 6.07) is 0. The highest BCUT2D eigenvalue weighted by atomic mass is 16.3. The van der Waals surface area contributed by atoms with Crippen molar-refractivity contribution in [3.63, 3.8) is 0 Å². The molecule has 0 bridgehead atoms. The van der Waals surface area contributed by atoms with Gasteiger partial charge in [-0.3, -0.25) is 4.90 Å². The molecule has 1 heterocycles. The van der Waals surface area contributed by atoms with Crippen molar-refractivity contribution in [2.24, 2.45) is 5.41 Å². The summed E-state index contributed by atoms with van der Waals surface area (Å²) in [5.74, 6) is 0. The van der Waals surface area contributed by atoms with Gasteiger partial charge in [0.25, 0.3) is 0 Å². The molecule has 0 spiro atoms. The average Bonchev–Trinajstić information content (AvgIpc) is 2.81. The van der Waals surface area contributed by atoms with E-state index in [2.05, 4.69) is 22.2 Å². The fourth-order valence-electron chi connectivity index (χ4n) is 3.68. The van der Waals surface area contributed by atoms with Gasteiger partial charge in [0.1, 0.15) is 0 Å². The van der Waals surface area contributed by atoms with E-state index >= 15 is 0 Å². The van der Waals surface area contributed by atoms with Crippen molar-refractivity contribution >= 4 is 0 Å². The monoisotopic (exact) mass is 255 g/mol. The molecule has 2 N–H and O–H groups in total. The molecule has 0 amide bonds. The topological polar surface area (TPSA) is 38.7 Å². The Balaban J connectivity index is 1.79. The minimum absolute atomic E-state index is 0.295. The van der Waals surface area contributed by atoms with Crippen LogP contribution in [-0.4, -0.2) is 74.4 Å². The molecule has 0 aromatic rings. The van der Waals surface area contributed by atoms with Crippen molar-refractivity contribution in [1.82, 2.24) is 15.1 Å². The van der Waals surface area contributed by atoms with Crippen LogP contribution in [0.25, 0.3) is 0 Å². The molecule has 0 unspecified atom stereocenters. The van der Waals surface area contributed by atoms with Gasteiger partial charge in [-0.2, -0.15) is 0 Å². The number of hydrogen-bond acceptors (Lipinski definition) is 4. The highest BCUT2D eigenvalue weighted by molar-refractivity contribution is 4.90. The molecule has 2 fully saturated rings. The minimum Gasteiger partial charge on any atom is -0.395 e. The van der Waals surface area contributed by atoms with E-state index in [-0.39, 0.29) is 0 Å². The lowest BCUT2D eigenvalue weighted by molar-refractivity contribution is 0.0766. The third-order valence-corrected chi connectivity index (χ3v) is 4.66. The van der Waals surface area contributed by atoms with Crippen molar-refractivity contribution in [2.75, 3.05) is 59.5 Å². The lowest BCUT2D eigenvalue weighted by atomic mass is 9.85. The van der Waals surface area contributed by atoms with E-state index < -0.39 is 0 Å². The number of nitrogens with zero attached hydrogens (tertiary/aromatic N) is 2. The van der Waals surface area contributed by atoms with Gasteiger partial charge in [0.05, 0.1) is 6.61 Å². The Bertz CT molecular complexity index is 233. The number of nitrogens with one attached hydrogen (secondary N) is 1. The molecule has 0 aromatic carbocycles. The van der Waals surface area contributed by atoms with E-state index in [1.54, 1.807) is 0 Å². The molecule has 4 heteroatoms. The average molecular weight is 255 g/mol. The summed E-state index contributed by atoms with van der Waals surface area (Å²) in [7, 11) is 2.08. The molecule has 2 rings (SSSR count). The Morgan fingerprint density at radius 3 is 2.22 bits per heavy atom. The number of aliphatic hydroxyl groups is 1. The Morgan fingerprint density at radius 1 is 1.06 bits per heavy atom. The van der Waals surface area contributed by atoms with Crippen LogP contribution in [0.4, 0.5) is 0 Å². The normalized spacial score (nSPS) is 25.7. The predicted molar refractivity (Wildman–Crippen MR) is 74.8 cm³/mol. The van der Waals surface area contributed by atoms with Gasteiger partial charge in [0, 0.05) is 45.8 Å². The van der Waals surface area contributed by atoms with E-state index in [0.29, 0.717) is 12.0 Å². The SMILES string of the molecule is CNCC1(CN2CCN(CCO)CC2)CCCC1. The molecule has 0 radical (unpaired) electrons. The molecular weight excluding hydrogens is 226 g/mol. The zero-order valence-electron chi connectivity index (χ0n) is 11.8. The number of piperazine rings is 1. The molecule has 2 aliphatic rings. The molecule has 1 aliphatic carbocycles. The van der Waals surface area contributed by atoms with Gasteiger partial charge in [-0.25, -0.2) is 0 Å². The third-order valence-electron chi connectivity index (χ3n) is 4.66. The summed E-state index contributed by atoms with van der Waals surface area (Å²) in [6.07, 6.45) is 5.60. The first-order chi connectivity index (χ1) is 8.78.